The lowest BCUT2D eigenvalue weighted by Gasteiger charge is -1.96. The molecular formula is C12H16N2O2. The lowest BCUT2D eigenvalue weighted by molar-refractivity contribution is 0.307. The second-order valence-corrected chi connectivity index (χ2v) is 3.19. The average molecular weight is 220 g/mol. The highest BCUT2D eigenvalue weighted by atomic mass is 16.3. The van der Waals surface area contributed by atoms with Crippen LogP contribution in [0.4, 0.5) is 0 Å². The Kier molecular flexibility index (Phi) is 6.06. The van der Waals surface area contributed by atoms with Gasteiger partial charge in [0.2, 0.25) is 0 Å². The monoisotopic (exact) mass is 220 g/mol. The quantitative estimate of drug-likeness (QED) is 0.686. The van der Waals surface area contributed by atoms with Gasteiger partial charge in [0.05, 0.1) is 26.3 Å². The molecule has 0 aromatic heterocycles. The van der Waals surface area contributed by atoms with Crippen molar-refractivity contribution in [2.45, 2.75) is 0 Å². The number of aliphatic hydroxyl groups excluding tert-OH is 2. The Balaban J connectivity index is 2.63. The van der Waals surface area contributed by atoms with Gasteiger partial charge in [0.25, 0.3) is 0 Å². The smallest absolute Gasteiger partial charge is 0.0626 e. The molecule has 2 N–H and O–H groups in total. The van der Waals surface area contributed by atoms with Gasteiger partial charge >= 0.3 is 0 Å². The molecule has 0 fully saturated rings. The normalized spacial score (nSPS) is 11.6. The summed E-state index contributed by atoms with van der Waals surface area (Å²) < 4.78 is 0. The largest absolute Gasteiger partial charge is 0.394 e. The van der Waals surface area contributed by atoms with E-state index in [0.29, 0.717) is 13.1 Å². The van der Waals surface area contributed by atoms with Crippen LogP contribution in [0.5, 0.6) is 0 Å². The highest BCUT2D eigenvalue weighted by molar-refractivity contribution is 5.86. The first-order valence-electron chi connectivity index (χ1n) is 5.18. The molecule has 0 amide bonds. The minimum atomic E-state index is 0.0636. The van der Waals surface area contributed by atoms with Crippen molar-refractivity contribution in [1.82, 2.24) is 0 Å². The maximum atomic E-state index is 8.58. The highest BCUT2D eigenvalue weighted by Crippen LogP contribution is 2.00. The predicted octanol–water partition coefficient (Wildman–Crippen LogP) is 0.509. The second-order valence-electron chi connectivity index (χ2n) is 3.19. The fourth-order valence-electron chi connectivity index (χ4n) is 1.17. The molecule has 1 rings (SSSR count). The zero-order chi connectivity index (χ0) is 11.6. The van der Waals surface area contributed by atoms with E-state index in [4.69, 9.17) is 10.2 Å². The third-order valence-corrected chi connectivity index (χ3v) is 1.85. The van der Waals surface area contributed by atoms with Crippen molar-refractivity contribution >= 4 is 12.4 Å². The number of hydrogen-bond acceptors (Lipinski definition) is 4. The van der Waals surface area contributed by atoms with Gasteiger partial charge in [0.1, 0.15) is 0 Å². The van der Waals surface area contributed by atoms with Gasteiger partial charge in [-0.05, 0) is 17.2 Å². The summed E-state index contributed by atoms with van der Waals surface area (Å²) in [5, 5.41) is 17.2. The van der Waals surface area contributed by atoms with Gasteiger partial charge in [-0.3, -0.25) is 9.98 Å². The molecule has 4 nitrogen and oxygen atoms in total. The summed E-state index contributed by atoms with van der Waals surface area (Å²) in [6, 6.07) is 7.73. The fraction of sp³-hybridized carbons (Fsp3) is 0.333. The Morgan fingerprint density at radius 1 is 0.938 bits per heavy atom. The van der Waals surface area contributed by atoms with Crippen LogP contribution in [-0.4, -0.2) is 48.9 Å². The molecule has 0 aliphatic heterocycles. The molecule has 0 heterocycles. The molecule has 0 aliphatic rings. The summed E-state index contributed by atoms with van der Waals surface area (Å²) >= 11 is 0. The molecule has 4 heteroatoms. The number of benzene rings is 1. The number of nitrogens with zero attached hydrogens (tertiary/aromatic N) is 2. The first-order chi connectivity index (χ1) is 7.86. The van der Waals surface area contributed by atoms with Gasteiger partial charge in [-0.15, -0.1) is 0 Å². The predicted molar refractivity (Wildman–Crippen MR) is 65.5 cm³/mol. The van der Waals surface area contributed by atoms with Crippen LogP contribution in [0.2, 0.25) is 0 Å². The summed E-state index contributed by atoms with van der Waals surface area (Å²) in [6.07, 6.45) is 3.44. The van der Waals surface area contributed by atoms with E-state index in [0.717, 1.165) is 11.1 Å². The molecule has 16 heavy (non-hydrogen) atoms. The van der Waals surface area contributed by atoms with Crippen LogP contribution in [-0.2, 0) is 0 Å². The maximum Gasteiger partial charge on any atom is 0.0626 e. The Morgan fingerprint density at radius 2 is 1.44 bits per heavy atom. The standard InChI is InChI=1S/C12H16N2O2/c15-6-4-13-9-11-2-1-3-12(8-11)10-14-5-7-16/h1-3,8-10,15-16H,4-7H2/b13-9+,14-10+. The second kappa shape index (κ2) is 7.73. The number of hydrogen-bond donors (Lipinski definition) is 2. The zero-order valence-corrected chi connectivity index (χ0v) is 9.08. The first-order valence-corrected chi connectivity index (χ1v) is 5.18. The van der Waals surface area contributed by atoms with Crippen molar-refractivity contribution in [3.8, 4) is 0 Å². The third kappa shape index (κ3) is 4.82. The minimum Gasteiger partial charge on any atom is -0.394 e. The minimum absolute atomic E-state index is 0.0636. The van der Waals surface area contributed by atoms with E-state index in [1.165, 1.54) is 0 Å². The van der Waals surface area contributed by atoms with Gasteiger partial charge in [-0.1, -0.05) is 18.2 Å². The van der Waals surface area contributed by atoms with Crippen molar-refractivity contribution in [3.63, 3.8) is 0 Å². The average Bonchev–Trinajstić information content (AvgIpc) is 2.30. The fourth-order valence-corrected chi connectivity index (χ4v) is 1.17. The van der Waals surface area contributed by atoms with E-state index in [2.05, 4.69) is 9.98 Å². The van der Waals surface area contributed by atoms with Crippen LogP contribution in [0.15, 0.2) is 34.3 Å². The van der Waals surface area contributed by atoms with E-state index < -0.39 is 0 Å². The molecule has 0 radical (unpaired) electrons. The molecular weight excluding hydrogens is 204 g/mol. The Bertz CT molecular complexity index is 331. The lowest BCUT2D eigenvalue weighted by Crippen LogP contribution is -1.92. The van der Waals surface area contributed by atoms with E-state index in [1.54, 1.807) is 12.4 Å². The van der Waals surface area contributed by atoms with Crippen LogP contribution in [0.3, 0.4) is 0 Å². The summed E-state index contributed by atoms with van der Waals surface area (Å²) in [4.78, 5) is 8.08. The van der Waals surface area contributed by atoms with Crippen LogP contribution < -0.4 is 0 Å². The molecule has 0 bridgehead atoms. The zero-order valence-electron chi connectivity index (χ0n) is 9.08. The van der Waals surface area contributed by atoms with Crippen molar-refractivity contribution in [2.24, 2.45) is 9.98 Å². The number of aliphatic imine (C=N–C) groups is 2. The van der Waals surface area contributed by atoms with E-state index >= 15 is 0 Å². The Labute approximate surface area is 95.0 Å². The molecule has 86 valence electrons. The SMILES string of the molecule is OCC/N=C/c1cccc(/C=N/CCO)c1. The molecule has 1 aromatic carbocycles. The van der Waals surface area contributed by atoms with Gasteiger partial charge in [-0.2, -0.15) is 0 Å². The van der Waals surface area contributed by atoms with Crippen molar-refractivity contribution < 1.29 is 10.2 Å². The van der Waals surface area contributed by atoms with Crippen LogP contribution in [0.1, 0.15) is 11.1 Å². The topological polar surface area (TPSA) is 65.2 Å². The van der Waals surface area contributed by atoms with Gasteiger partial charge in [-0.25, -0.2) is 0 Å². The Hall–Kier alpha value is -1.52. The molecule has 1 aromatic rings. The summed E-state index contributed by atoms with van der Waals surface area (Å²) in [7, 11) is 0. The highest BCUT2D eigenvalue weighted by Gasteiger charge is 1.90. The summed E-state index contributed by atoms with van der Waals surface area (Å²) in [6.45, 7) is 0.966. The summed E-state index contributed by atoms with van der Waals surface area (Å²) in [5.41, 5.74) is 1.95. The summed E-state index contributed by atoms with van der Waals surface area (Å²) in [5.74, 6) is 0. The van der Waals surface area contributed by atoms with Crippen LogP contribution in [0.25, 0.3) is 0 Å². The molecule has 0 saturated heterocycles. The molecule has 0 aliphatic carbocycles. The number of aliphatic hydroxyl groups is 2. The van der Waals surface area contributed by atoms with E-state index in [9.17, 15) is 0 Å². The maximum absolute atomic E-state index is 8.58. The number of rotatable bonds is 6. The van der Waals surface area contributed by atoms with Gasteiger partial charge in [0.15, 0.2) is 0 Å². The molecule has 0 saturated carbocycles. The van der Waals surface area contributed by atoms with Crippen LogP contribution in [0, 0.1) is 0 Å². The van der Waals surface area contributed by atoms with Gasteiger partial charge in [0, 0.05) is 12.4 Å². The van der Waals surface area contributed by atoms with Crippen molar-refractivity contribution in [1.29, 1.82) is 0 Å². The van der Waals surface area contributed by atoms with Crippen LogP contribution >= 0.6 is 0 Å². The molecule has 0 spiro atoms. The molecule has 0 unspecified atom stereocenters. The van der Waals surface area contributed by atoms with Crippen molar-refractivity contribution in [2.75, 3.05) is 26.3 Å². The Morgan fingerprint density at radius 3 is 1.88 bits per heavy atom. The van der Waals surface area contributed by atoms with E-state index in [1.807, 2.05) is 24.3 Å². The third-order valence-electron chi connectivity index (χ3n) is 1.85. The molecule has 0 atom stereocenters. The van der Waals surface area contributed by atoms with Gasteiger partial charge < -0.3 is 10.2 Å². The lowest BCUT2D eigenvalue weighted by atomic mass is 10.1. The van der Waals surface area contributed by atoms with E-state index in [-0.39, 0.29) is 13.2 Å². The first kappa shape index (κ1) is 12.5. The van der Waals surface area contributed by atoms with Crippen molar-refractivity contribution in [3.05, 3.63) is 35.4 Å².